The summed E-state index contributed by atoms with van der Waals surface area (Å²) < 4.78 is 38.4. The van der Waals surface area contributed by atoms with Gasteiger partial charge in [0.2, 0.25) is 15.9 Å². The van der Waals surface area contributed by atoms with Crippen molar-refractivity contribution in [2.45, 2.75) is 31.6 Å². The minimum Gasteiger partial charge on any atom is -0.486 e. The van der Waals surface area contributed by atoms with Crippen LogP contribution in [0, 0.1) is 13.8 Å². The smallest absolute Gasteiger partial charge is 0.240 e. The van der Waals surface area contributed by atoms with Crippen LogP contribution in [0.4, 0.5) is 0 Å². The first kappa shape index (κ1) is 21.1. The highest BCUT2D eigenvalue weighted by Crippen LogP contribution is 2.30. The van der Waals surface area contributed by atoms with Crippen LogP contribution < -0.4 is 19.5 Å². The molecule has 1 aliphatic heterocycles. The molecule has 3 rings (SSSR count). The Morgan fingerprint density at radius 1 is 1.00 bits per heavy atom. The van der Waals surface area contributed by atoms with Crippen molar-refractivity contribution in [2.24, 2.45) is 0 Å². The number of hydrogen-bond donors (Lipinski definition) is 2. The average molecular weight is 419 g/mol. The Labute approximate surface area is 171 Å². The van der Waals surface area contributed by atoms with Crippen molar-refractivity contribution in [3.8, 4) is 11.5 Å². The van der Waals surface area contributed by atoms with E-state index in [2.05, 4.69) is 10.0 Å². The van der Waals surface area contributed by atoms with Gasteiger partial charge in [0, 0.05) is 19.5 Å². The van der Waals surface area contributed by atoms with E-state index in [0.717, 1.165) is 22.6 Å². The van der Waals surface area contributed by atoms with E-state index in [0.29, 0.717) is 31.7 Å². The Hall–Kier alpha value is -2.58. The summed E-state index contributed by atoms with van der Waals surface area (Å²) >= 11 is 0. The standard InChI is InChI=1S/C21H26N2O5S/c1-15-3-4-16(2)20(13-15)29(25,26)23-10-8-21(24)22-9-7-17-5-6-18-19(14-17)28-12-11-27-18/h3-6,13-14,23H,7-12H2,1-2H3,(H,22,24). The van der Waals surface area contributed by atoms with E-state index in [1.807, 2.05) is 31.2 Å². The summed E-state index contributed by atoms with van der Waals surface area (Å²) in [6.45, 7) is 5.18. The van der Waals surface area contributed by atoms with Crippen LogP contribution in [0.1, 0.15) is 23.1 Å². The van der Waals surface area contributed by atoms with Gasteiger partial charge in [0.15, 0.2) is 11.5 Å². The van der Waals surface area contributed by atoms with E-state index in [1.54, 1.807) is 19.1 Å². The molecule has 2 N–H and O–H groups in total. The lowest BCUT2D eigenvalue weighted by molar-refractivity contribution is -0.120. The molecule has 7 nitrogen and oxygen atoms in total. The van der Waals surface area contributed by atoms with Gasteiger partial charge in [0.1, 0.15) is 13.2 Å². The maximum Gasteiger partial charge on any atom is 0.240 e. The maximum atomic E-state index is 12.4. The van der Waals surface area contributed by atoms with Crippen LogP contribution in [0.15, 0.2) is 41.3 Å². The summed E-state index contributed by atoms with van der Waals surface area (Å²) in [6, 6.07) is 11.0. The first-order chi connectivity index (χ1) is 13.8. The van der Waals surface area contributed by atoms with Gasteiger partial charge >= 0.3 is 0 Å². The quantitative estimate of drug-likeness (QED) is 0.685. The molecule has 0 fully saturated rings. The lowest BCUT2D eigenvalue weighted by Crippen LogP contribution is -2.32. The van der Waals surface area contributed by atoms with Crippen molar-refractivity contribution in [2.75, 3.05) is 26.3 Å². The third-order valence-corrected chi connectivity index (χ3v) is 6.22. The third-order valence-electron chi connectivity index (χ3n) is 4.62. The largest absolute Gasteiger partial charge is 0.486 e. The number of fused-ring (bicyclic) bond motifs is 1. The van der Waals surface area contributed by atoms with Crippen LogP contribution in [0.25, 0.3) is 0 Å². The topological polar surface area (TPSA) is 93.7 Å². The molecule has 29 heavy (non-hydrogen) atoms. The average Bonchev–Trinajstić information content (AvgIpc) is 2.69. The number of carbonyl (C=O) groups excluding carboxylic acids is 1. The van der Waals surface area contributed by atoms with Crippen LogP contribution in [0.5, 0.6) is 11.5 Å². The number of aryl methyl sites for hydroxylation is 2. The molecule has 0 atom stereocenters. The van der Waals surface area contributed by atoms with Gasteiger partial charge in [0.05, 0.1) is 4.90 Å². The molecule has 0 aliphatic carbocycles. The first-order valence-corrected chi connectivity index (χ1v) is 11.1. The molecule has 1 heterocycles. The van der Waals surface area contributed by atoms with Crippen molar-refractivity contribution in [3.63, 3.8) is 0 Å². The zero-order valence-electron chi connectivity index (χ0n) is 16.7. The van der Waals surface area contributed by atoms with Crippen molar-refractivity contribution in [1.82, 2.24) is 10.0 Å². The van der Waals surface area contributed by atoms with Gasteiger partial charge < -0.3 is 14.8 Å². The van der Waals surface area contributed by atoms with E-state index in [9.17, 15) is 13.2 Å². The summed E-state index contributed by atoms with van der Waals surface area (Å²) in [4.78, 5) is 12.3. The third kappa shape index (κ3) is 5.71. The van der Waals surface area contributed by atoms with E-state index >= 15 is 0 Å². The second kappa shape index (κ2) is 9.28. The molecule has 0 spiro atoms. The Morgan fingerprint density at radius 2 is 1.76 bits per heavy atom. The fourth-order valence-corrected chi connectivity index (χ4v) is 4.41. The van der Waals surface area contributed by atoms with Gasteiger partial charge in [-0.1, -0.05) is 18.2 Å². The fourth-order valence-electron chi connectivity index (χ4n) is 3.05. The number of sulfonamides is 1. The molecule has 2 aromatic carbocycles. The van der Waals surface area contributed by atoms with Crippen molar-refractivity contribution in [1.29, 1.82) is 0 Å². The molecule has 156 valence electrons. The maximum absolute atomic E-state index is 12.4. The van der Waals surface area contributed by atoms with E-state index in [1.165, 1.54) is 0 Å². The summed E-state index contributed by atoms with van der Waals surface area (Å²) in [7, 11) is -3.64. The molecular weight excluding hydrogens is 392 g/mol. The van der Waals surface area contributed by atoms with Crippen LogP contribution in [0.2, 0.25) is 0 Å². The molecule has 0 aromatic heterocycles. The van der Waals surface area contributed by atoms with Gasteiger partial charge in [-0.25, -0.2) is 13.1 Å². The van der Waals surface area contributed by atoms with E-state index < -0.39 is 10.0 Å². The van der Waals surface area contributed by atoms with Gasteiger partial charge in [-0.05, 0) is 55.2 Å². The SMILES string of the molecule is Cc1ccc(C)c(S(=O)(=O)NCCC(=O)NCCc2ccc3c(c2)OCCO3)c1. The second-order valence-electron chi connectivity index (χ2n) is 6.99. The number of rotatable bonds is 8. The van der Waals surface area contributed by atoms with Gasteiger partial charge in [-0.15, -0.1) is 0 Å². The molecule has 1 aliphatic rings. The number of hydrogen-bond acceptors (Lipinski definition) is 5. The fraction of sp³-hybridized carbons (Fsp3) is 0.381. The first-order valence-electron chi connectivity index (χ1n) is 9.57. The summed E-state index contributed by atoms with van der Waals surface area (Å²) in [5, 5.41) is 2.81. The molecule has 0 bridgehead atoms. The second-order valence-corrected chi connectivity index (χ2v) is 8.73. The van der Waals surface area contributed by atoms with Gasteiger partial charge in [0.25, 0.3) is 0 Å². The van der Waals surface area contributed by atoms with Gasteiger partial charge in [-0.3, -0.25) is 4.79 Å². The molecule has 0 saturated carbocycles. The van der Waals surface area contributed by atoms with Crippen molar-refractivity contribution in [3.05, 3.63) is 53.1 Å². The molecule has 1 amide bonds. The number of carbonyl (C=O) groups is 1. The summed E-state index contributed by atoms with van der Waals surface area (Å²) in [5.74, 6) is 1.26. The van der Waals surface area contributed by atoms with Crippen molar-refractivity contribution >= 4 is 15.9 Å². The van der Waals surface area contributed by atoms with Crippen LogP contribution in [-0.2, 0) is 21.2 Å². The van der Waals surface area contributed by atoms with E-state index in [-0.39, 0.29) is 23.8 Å². The number of amides is 1. The molecule has 0 saturated heterocycles. The Balaban J connectivity index is 1.43. The normalized spacial score (nSPS) is 13.2. The molecule has 8 heteroatoms. The minimum atomic E-state index is -3.64. The molecule has 0 radical (unpaired) electrons. The van der Waals surface area contributed by atoms with Crippen molar-refractivity contribution < 1.29 is 22.7 Å². The highest BCUT2D eigenvalue weighted by atomic mass is 32.2. The Bertz CT molecular complexity index is 989. The van der Waals surface area contributed by atoms with E-state index in [4.69, 9.17) is 9.47 Å². The summed E-state index contributed by atoms with van der Waals surface area (Å²) in [6.07, 6.45) is 0.724. The number of nitrogens with one attached hydrogen (secondary N) is 2. The predicted octanol–water partition coefficient (Wildman–Crippen LogP) is 2.10. The number of ether oxygens (including phenoxy) is 2. The van der Waals surface area contributed by atoms with Crippen LogP contribution in [-0.4, -0.2) is 40.6 Å². The highest BCUT2D eigenvalue weighted by molar-refractivity contribution is 7.89. The molecule has 0 unspecified atom stereocenters. The predicted molar refractivity (Wildman–Crippen MR) is 110 cm³/mol. The highest BCUT2D eigenvalue weighted by Gasteiger charge is 2.17. The lowest BCUT2D eigenvalue weighted by Gasteiger charge is -2.18. The Morgan fingerprint density at radius 3 is 2.55 bits per heavy atom. The van der Waals surface area contributed by atoms with Crippen LogP contribution in [0.3, 0.4) is 0 Å². The Kier molecular flexibility index (Phi) is 6.76. The molecule has 2 aromatic rings. The van der Waals surface area contributed by atoms with Gasteiger partial charge in [-0.2, -0.15) is 0 Å². The molecular formula is C21H26N2O5S. The summed E-state index contributed by atoms with van der Waals surface area (Å²) in [5.41, 5.74) is 2.57. The zero-order chi connectivity index (χ0) is 20.9. The monoisotopic (exact) mass is 418 g/mol. The minimum absolute atomic E-state index is 0.0472. The van der Waals surface area contributed by atoms with Crippen LogP contribution >= 0.6 is 0 Å². The zero-order valence-corrected chi connectivity index (χ0v) is 17.5. The lowest BCUT2D eigenvalue weighted by atomic mass is 10.1. The number of benzene rings is 2.